The van der Waals surface area contributed by atoms with Gasteiger partial charge in [-0.1, -0.05) is 36.8 Å². The summed E-state index contributed by atoms with van der Waals surface area (Å²) >= 11 is 0. The number of amides is 2. The Morgan fingerprint density at radius 1 is 0.906 bits per heavy atom. The van der Waals surface area contributed by atoms with Gasteiger partial charge in [-0.25, -0.2) is 8.42 Å². The van der Waals surface area contributed by atoms with E-state index in [1.165, 1.54) is 4.31 Å². The molecule has 1 unspecified atom stereocenters. The molecule has 2 aromatic rings. The number of benzene rings is 2. The van der Waals surface area contributed by atoms with Crippen LogP contribution >= 0.6 is 0 Å². The lowest BCUT2D eigenvalue weighted by molar-refractivity contribution is -0.125. The molecule has 1 atom stereocenters. The molecule has 2 aliphatic heterocycles. The van der Waals surface area contributed by atoms with Gasteiger partial charge in [0.2, 0.25) is 15.9 Å². The first kappa shape index (κ1) is 22.5. The number of carbonyl (C=O) groups is 2. The maximum Gasteiger partial charge on any atom is 0.253 e. The molecule has 0 aliphatic carbocycles. The van der Waals surface area contributed by atoms with E-state index in [-0.39, 0.29) is 23.3 Å². The average Bonchev–Trinajstić information content (AvgIpc) is 3.38. The Hall–Kier alpha value is -2.71. The summed E-state index contributed by atoms with van der Waals surface area (Å²) < 4.78 is 27.6. The van der Waals surface area contributed by atoms with Crippen LogP contribution in [0.4, 0.5) is 0 Å². The summed E-state index contributed by atoms with van der Waals surface area (Å²) in [6, 6.07) is 14.8. The maximum atomic E-state index is 13.1. The van der Waals surface area contributed by atoms with Gasteiger partial charge in [-0.2, -0.15) is 4.31 Å². The lowest BCUT2D eigenvalue weighted by Crippen LogP contribution is -2.51. The highest BCUT2D eigenvalue weighted by molar-refractivity contribution is 7.89. The molecule has 8 heteroatoms. The molecule has 0 bridgehead atoms. The highest BCUT2D eigenvalue weighted by Crippen LogP contribution is 2.25. The molecule has 2 heterocycles. The molecule has 4 rings (SSSR count). The van der Waals surface area contributed by atoms with Gasteiger partial charge in [-0.15, -0.1) is 0 Å². The molecule has 32 heavy (non-hydrogen) atoms. The van der Waals surface area contributed by atoms with Gasteiger partial charge in [0.15, 0.2) is 0 Å². The fourth-order valence-electron chi connectivity index (χ4n) is 4.41. The quantitative estimate of drug-likeness (QED) is 0.726. The number of nitrogens with zero attached hydrogens (tertiary/aromatic N) is 2. The molecule has 0 aromatic heterocycles. The maximum absolute atomic E-state index is 13.1. The lowest BCUT2D eigenvalue weighted by atomic mass is 10.0. The van der Waals surface area contributed by atoms with Crippen molar-refractivity contribution in [3.8, 4) is 0 Å². The van der Waals surface area contributed by atoms with Crippen molar-refractivity contribution >= 4 is 21.8 Å². The zero-order valence-corrected chi connectivity index (χ0v) is 18.9. The third-order valence-corrected chi connectivity index (χ3v) is 8.06. The molecular formula is C24H29N3O4S. The Balaban J connectivity index is 1.44. The Labute approximate surface area is 189 Å². The second-order valence-corrected chi connectivity index (χ2v) is 10.2. The minimum absolute atomic E-state index is 0.0167. The third kappa shape index (κ3) is 4.86. The van der Waals surface area contributed by atoms with E-state index in [4.69, 9.17) is 0 Å². The van der Waals surface area contributed by atoms with Gasteiger partial charge in [-0.05, 0) is 55.5 Å². The topological polar surface area (TPSA) is 86.8 Å². The van der Waals surface area contributed by atoms with Crippen molar-refractivity contribution in [3.63, 3.8) is 0 Å². The van der Waals surface area contributed by atoms with E-state index in [9.17, 15) is 18.0 Å². The summed E-state index contributed by atoms with van der Waals surface area (Å²) in [5, 5.41) is 2.89. The molecule has 0 radical (unpaired) electrons. The van der Waals surface area contributed by atoms with Crippen LogP contribution in [0, 0.1) is 0 Å². The average molecular weight is 456 g/mol. The largest absolute Gasteiger partial charge is 0.351 e. The SMILES string of the molecule is O=C(NCc1cccc(C(=O)N2CCCC2)c1)C1CCCCN1S(=O)(=O)c1ccccc1. The summed E-state index contributed by atoms with van der Waals surface area (Å²) in [5.41, 5.74) is 1.43. The Morgan fingerprint density at radius 2 is 1.62 bits per heavy atom. The summed E-state index contributed by atoms with van der Waals surface area (Å²) in [5.74, 6) is -0.288. The molecule has 2 aromatic carbocycles. The second kappa shape index (κ2) is 9.83. The van der Waals surface area contributed by atoms with Crippen LogP contribution in [0.1, 0.15) is 48.0 Å². The normalized spacial score (nSPS) is 19.6. The smallest absolute Gasteiger partial charge is 0.253 e. The van der Waals surface area contributed by atoms with Gasteiger partial charge in [0.05, 0.1) is 4.90 Å². The van der Waals surface area contributed by atoms with Crippen molar-refractivity contribution in [2.45, 2.75) is 49.6 Å². The number of nitrogens with one attached hydrogen (secondary N) is 1. The number of hydrogen-bond acceptors (Lipinski definition) is 4. The standard InChI is InChI=1S/C24H29N3O4S/c28-23(22-13-4-5-16-27(22)32(30,31)21-11-2-1-3-12-21)25-18-19-9-8-10-20(17-19)24(29)26-14-6-7-15-26/h1-3,8-12,17,22H,4-7,13-16,18H2,(H,25,28). The van der Waals surface area contributed by atoms with Crippen LogP contribution in [0.25, 0.3) is 0 Å². The lowest BCUT2D eigenvalue weighted by Gasteiger charge is -2.33. The van der Waals surface area contributed by atoms with Crippen LogP contribution in [-0.2, 0) is 21.4 Å². The highest BCUT2D eigenvalue weighted by atomic mass is 32.2. The predicted octanol–water partition coefficient (Wildman–Crippen LogP) is 2.78. The van der Waals surface area contributed by atoms with Gasteiger partial charge in [0, 0.05) is 31.7 Å². The Morgan fingerprint density at radius 3 is 2.38 bits per heavy atom. The molecule has 2 saturated heterocycles. The third-order valence-electron chi connectivity index (χ3n) is 6.14. The Kier molecular flexibility index (Phi) is 6.91. The number of piperidine rings is 1. The van der Waals surface area contributed by atoms with Crippen LogP contribution < -0.4 is 5.32 Å². The van der Waals surface area contributed by atoms with Crippen LogP contribution in [0.15, 0.2) is 59.5 Å². The first-order valence-electron chi connectivity index (χ1n) is 11.2. The monoisotopic (exact) mass is 455 g/mol. The fourth-order valence-corrected chi connectivity index (χ4v) is 6.08. The summed E-state index contributed by atoms with van der Waals surface area (Å²) in [6.07, 6.45) is 4.09. The molecule has 2 fully saturated rings. The number of likely N-dealkylation sites (tertiary alicyclic amines) is 1. The molecule has 170 valence electrons. The van der Waals surface area contributed by atoms with Crippen molar-refractivity contribution in [3.05, 3.63) is 65.7 Å². The first-order chi connectivity index (χ1) is 15.5. The Bertz CT molecular complexity index is 1070. The zero-order valence-electron chi connectivity index (χ0n) is 18.1. The van der Waals surface area contributed by atoms with Crippen molar-refractivity contribution in [2.24, 2.45) is 0 Å². The van der Waals surface area contributed by atoms with Gasteiger partial charge in [0.25, 0.3) is 5.91 Å². The number of hydrogen-bond donors (Lipinski definition) is 1. The number of sulfonamides is 1. The summed E-state index contributed by atoms with van der Waals surface area (Å²) in [4.78, 5) is 27.7. The summed E-state index contributed by atoms with van der Waals surface area (Å²) in [6.45, 7) is 2.14. The van der Waals surface area contributed by atoms with Crippen molar-refractivity contribution in [1.29, 1.82) is 0 Å². The van der Waals surface area contributed by atoms with E-state index in [2.05, 4.69) is 5.32 Å². The minimum atomic E-state index is -3.74. The minimum Gasteiger partial charge on any atom is -0.351 e. The van der Waals surface area contributed by atoms with Gasteiger partial charge >= 0.3 is 0 Å². The van der Waals surface area contributed by atoms with E-state index in [1.54, 1.807) is 42.5 Å². The molecule has 0 spiro atoms. The van der Waals surface area contributed by atoms with E-state index in [1.807, 2.05) is 17.0 Å². The van der Waals surface area contributed by atoms with E-state index >= 15 is 0 Å². The van der Waals surface area contributed by atoms with Gasteiger partial charge < -0.3 is 10.2 Å². The zero-order chi connectivity index (χ0) is 22.6. The molecular weight excluding hydrogens is 426 g/mol. The van der Waals surface area contributed by atoms with Gasteiger partial charge in [0.1, 0.15) is 6.04 Å². The van der Waals surface area contributed by atoms with Crippen LogP contribution in [0.3, 0.4) is 0 Å². The molecule has 2 amide bonds. The van der Waals surface area contributed by atoms with Crippen molar-refractivity contribution < 1.29 is 18.0 Å². The van der Waals surface area contributed by atoms with E-state index in [0.29, 0.717) is 18.5 Å². The second-order valence-electron chi connectivity index (χ2n) is 8.36. The number of carbonyl (C=O) groups excluding carboxylic acids is 2. The van der Waals surface area contributed by atoms with Crippen LogP contribution in [0.5, 0.6) is 0 Å². The van der Waals surface area contributed by atoms with Crippen molar-refractivity contribution in [1.82, 2.24) is 14.5 Å². The predicted molar refractivity (Wildman–Crippen MR) is 121 cm³/mol. The van der Waals surface area contributed by atoms with E-state index < -0.39 is 16.1 Å². The van der Waals surface area contributed by atoms with Crippen LogP contribution in [0.2, 0.25) is 0 Å². The number of rotatable bonds is 6. The molecule has 2 aliphatic rings. The fraction of sp³-hybridized carbons (Fsp3) is 0.417. The van der Waals surface area contributed by atoms with Gasteiger partial charge in [-0.3, -0.25) is 9.59 Å². The summed E-state index contributed by atoms with van der Waals surface area (Å²) in [7, 11) is -3.74. The molecule has 1 N–H and O–H groups in total. The molecule has 7 nitrogen and oxygen atoms in total. The molecule has 0 saturated carbocycles. The van der Waals surface area contributed by atoms with E-state index in [0.717, 1.165) is 44.3 Å². The van der Waals surface area contributed by atoms with Crippen molar-refractivity contribution in [2.75, 3.05) is 19.6 Å². The highest BCUT2D eigenvalue weighted by Gasteiger charge is 2.37. The van der Waals surface area contributed by atoms with Crippen LogP contribution in [-0.4, -0.2) is 55.1 Å². The first-order valence-corrected chi connectivity index (χ1v) is 12.6.